The molecule has 1 atom stereocenters. The Morgan fingerprint density at radius 3 is 2.94 bits per heavy atom. The molecule has 2 rings (SSSR count). The molecule has 0 aliphatic carbocycles. The molecular formula is C13H16N2O. The van der Waals surface area contributed by atoms with E-state index in [2.05, 4.69) is 11.1 Å². The number of hydrogen-bond acceptors (Lipinski definition) is 3. The topological polar surface area (TPSA) is 48.1 Å². The van der Waals surface area contributed by atoms with E-state index in [0.29, 0.717) is 13.2 Å². The molecule has 3 nitrogen and oxygen atoms in total. The minimum atomic E-state index is -0.161. The summed E-state index contributed by atoms with van der Waals surface area (Å²) < 4.78 is 5.33. The zero-order chi connectivity index (χ0) is 11.4. The Morgan fingerprint density at radius 1 is 1.31 bits per heavy atom. The Hall–Kier alpha value is -1.45. The highest BCUT2D eigenvalue weighted by molar-refractivity contribution is 5.84. The third-order valence-electron chi connectivity index (χ3n) is 2.56. The fraction of sp³-hybridized carbons (Fsp3) is 0.308. The van der Waals surface area contributed by atoms with Gasteiger partial charge in [0.2, 0.25) is 0 Å². The van der Waals surface area contributed by atoms with Crippen LogP contribution in [0.5, 0.6) is 0 Å². The zero-order valence-electron chi connectivity index (χ0n) is 9.39. The Morgan fingerprint density at radius 2 is 2.12 bits per heavy atom. The van der Waals surface area contributed by atoms with Crippen LogP contribution in [-0.2, 0) is 4.74 Å². The quantitative estimate of drug-likeness (QED) is 0.852. The zero-order valence-corrected chi connectivity index (χ0v) is 9.39. The number of fused-ring (bicyclic) bond motifs is 1. The summed E-state index contributed by atoms with van der Waals surface area (Å²) in [6, 6.07) is 9.95. The van der Waals surface area contributed by atoms with Gasteiger partial charge in [0.1, 0.15) is 0 Å². The molecule has 0 saturated heterocycles. The van der Waals surface area contributed by atoms with E-state index in [4.69, 9.17) is 10.5 Å². The SMILES string of the molecule is CCOCC(N)c1nccc2ccccc12. The summed E-state index contributed by atoms with van der Waals surface area (Å²) in [7, 11) is 0. The normalized spacial score (nSPS) is 12.9. The van der Waals surface area contributed by atoms with Crippen molar-refractivity contribution in [2.24, 2.45) is 5.73 Å². The number of benzene rings is 1. The van der Waals surface area contributed by atoms with Gasteiger partial charge in [-0.1, -0.05) is 24.3 Å². The van der Waals surface area contributed by atoms with Crippen LogP contribution in [0, 0.1) is 0 Å². The van der Waals surface area contributed by atoms with Gasteiger partial charge in [0.05, 0.1) is 18.3 Å². The van der Waals surface area contributed by atoms with Crippen LogP contribution in [0.15, 0.2) is 36.5 Å². The predicted molar refractivity (Wildman–Crippen MR) is 65.2 cm³/mol. The Labute approximate surface area is 95.2 Å². The number of nitrogens with zero attached hydrogens (tertiary/aromatic N) is 1. The molecule has 0 amide bonds. The van der Waals surface area contributed by atoms with Crippen molar-refractivity contribution in [2.45, 2.75) is 13.0 Å². The highest BCUT2D eigenvalue weighted by Crippen LogP contribution is 2.20. The molecule has 1 unspecified atom stereocenters. The molecule has 1 aromatic carbocycles. The number of pyridine rings is 1. The van der Waals surface area contributed by atoms with Crippen LogP contribution in [-0.4, -0.2) is 18.2 Å². The van der Waals surface area contributed by atoms with E-state index in [1.54, 1.807) is 6.20 Å². The molecule has 0 radical (unpaired) electrons. The average Bonchev–Trinajstić information content (AvgIpc) is 2.35. The summed E-state index contributed by atoms with van der Waals surface area (Å²) in [4.78, 5) is 4.35. The molecule has 0 bridgehead atoms. The molecule has 2 N–H and O–H groups in total. The van der Waals surface area contributed by atoms with Gasteiger partial charge >= 0.3 is 0 Å². The third-order valence-corrected chi connectivity index (χ3v) is 2.56. The van der Waals surface area contributed by atoms with Crippen molar-refractivity contribution in [1.82, 2.24) is 4.98 Å². The van der Waals surface area contributed by atoms with Crippen LogP contribution in [0.3, 0.4) is 0 Å². The molecule has 16 heavy (non-hydrogen) atoms. The summed E-state index contributed by atoms with van der Waals surface area (Å²) in [5, 5.41) is 2.27. The van der Waals surface area contributed by atoms with Gasteiger partial charge in [0, 0.05) is 18.2 Å². The maximum Gasteiger partial charge on any atom is 0.0714 e. The Balaban J connectivity index is 2.36. The Kier molecular flexibility index (Phi) is 3.49. The molecule has 3 heteroatoms. The fourth-order valence-corrected chi connectivity index (χ4v) is 1.76. The van der Waals surface area contributed by atoms with Gasteiger partial charge < -0.3 is 10.5 Å². The largest absolute Gasteiger partial charge is 0.380 e. The molecule has 84 valence electrons. The van der Waals surface area contributed by atoms with E-state index >= 15 is 0 Å². The van der Waals surface area contributed by atoms with Gasteiger partial charge in [-0.25, -0.2) is 0 Å². The van der Waals surface area contributed by atoms with Crippen LogP contribution in [0.4, 0.5) is 0 Å². The first kappa shape index (κ1) is 11.0. The standard InChI is InChI=1S/C13H16N2O/c1-2-16-9-12(14)13-11-6-4-3-5-10(11)7-8-15-13/h3-8,12H,2,9,14H2,1H3. The van der Waals surface area contributed by atoms with Crippen LogP contribution in [0.25, 0.3) is 10.8 Å². The molecule has 1 aromatic heterocycles. The number of rotatable bonds is 4. The van der Waals surface area contributed by atoms with Gasteiger partial charge in [0.15, 0.2) is 0 Å². The summed E-state index contributed by atoms with van der Waals surface area (Å²) in [6.45, 7) is 3.15. The van der Waals surface area contributed by atoms with Crippen molar-refractivity contribution in [3.05, 3.63) is 42.2 Å². The first-order chi connectivity index (χ1) is 7.83. The molecule has 0 saturated carbocycles. The maximum atomic E-state index is 6.06. The van der Waals surface area contributed by atoms with Crippen LogP contribution < -0.4 is 5.73 Å². The van der Waals surface area contributed by atoms with E-state index in [1.807, 2.05) is 31.2 Å². The lowest BCUT2D eigenvalue weighted by Gasteiger charge is -2.13. The lowest BCUT2D eigenvalue weighted by atomic mass is 10.1. The van der Waals surface area contributed by atoms with E-state index in [0.717, 1.165) is 11.1 Å². The van der Waals surface area contributed by atoms with Gasteiger partial charge in [-0.15, -0.1) is 0 Å². The fourth-order valence-electron chi connectivity index (χ4n) is 1.76. The molecule has 1 heterocycles. The van der Waals surface area contributed by atoms with Gasteiger partial charge in [-0.2, -0.15) is 0 Å². The number of nitrogens with two attached hydrogens (primary N) is 1. The highest BCUT2D eigenvalue weighted by atomic mass is 16.5. The lowest BCUT2D eigenvalue weighted by Crippen LogP contribution is -2.18. The van der Waals surface area contributed by atoms with Crippen molar-refractivity contribution >= 4 is 10.8 Å². The van der Waals surface area contributed by atoms with Crippen molar-refractivity contribution in [2.75, 3.05) is 13.2 Å². The van der Waals surface area contributed by atoms with Crippen LogP contribution in [0.2, 0.25) is 0 Å². The molecule has 0 aliphatic rings. The first-order valence-corrected chi connectivity index (χ1v) is 5.50. The molecule has 0 aliphatic heterocycles. The Bertz CT molecular complexity index is 465. The van der Waals surface area contributed by atoms with E-state index < -0.39 is 0 Å². The third kappa shape index (κ3) is 2.21. The summed E-state index contributed by atoms with van der Waals surface area (Å²) in [6.07, 6.45) is 1.80. The second-order valence-corrected chi connectivity index (χ2v) is 3.68. The smallest absolute Gasteiger partial charge is 0.0714 e. The van der Waals surface area contributed by atoms with Gasteiger partial charge in [-0.3, -0.25) is 4.98 Å². The second kappa shape index (κ2) is 5.05. The molecule has 2 aromatic rings. The van der Waals surface area contributed by atoms with Crippen molar-refractivity contribution in [3.63, 3.8) is 0 Å². The minimum absolute atomic E-state index is 0.161. The lowest BCUT2D eigenvalue weighted by molar-refractivity contribution is 0.133. The molecule has 0 fully saturated rings. The molecular weight excluding hydrogens is 200 g/mol. The molecule has 0 spiro atoms. The first-order valence-electron chi connectivity index (χ1n) is 5.50. The van der Waals surface area contributed by atoms with Gasteiger partial charge in [0.25, 0.3) is 0 Å². The second-order valence-electron chi connectivity index (χ2n) is 3.68. The van der Waals surface area contributed by atoms with Crippen LogP contribution >= 0.6 is 0 Å². The van der Waals surface area contributed by atoms with E-state index in [9.17, 15) is 0 Å². The average molecular weight is 216 g/mol. The summed E-state index contributed by atoms with van der Waals surface area (Å²) in [5.41, 5.74) is 6.97. The number of hydrogen-bond donors (Lipinski definition) is 1. The summed E-state index contributed by atoms with van der Waals surface area (Å²) >= 11 is 0. The monoisotopic (exact) mass is 216 g/mol. The van der Waals surface area contributed by atoms with Crippen molar-refractivity contribution in [3.8, 4) is 0 Å². The van der Waals surface area contributed by atoms with E-state index in [-0.39, 0.29) is 6.04 Å². The number of aromatic nitrogens is 1. The highest BCUT2D eigenvalue weighted by Gasteiger charge is 2.10. The van der Waals surface area contributed by atoms with Crippen molar-refractivity contribution < 1.29 is 4.74 Å². The van der Waals surface area contributed by atoms with Gasteiger partial charge in [-0.05, 0) is 18.4 Å². The predicted octanol–water partition coefficient (Wildman–Crippen LogP) is 2.27. The maximum absolute atomic E-state index is 6.06. The van der Waals surface area contributed by atoms with Crippen LogP contribution in [0.1, 0.15) is 18.7 Å². The minimum Gasteiger partial charge on any atom is -0.380 e. The van der Waals surface area contributed by atoms with E-state index in [1.165, 1.54) is 5.39 Å². The number of ether oxygens (including phenoxy) is 1. The summed E-state index contributed by atoms with van der Waals surface area (Å²) in [5.74, 6) is 0. The van der Waals surface area contributed by atoms with Crippen molar-refractivity contribution in [1.29, 1.82) is 0 Å².